The van der Waals surface area contributed by atoms with E-state index in [1.54, 1.807) is 0 Å². The number of hydrogen-bond donors (Lipinski definition) is 1. The molecule has 4 nitrogen and oxygen atoms in total. The Morgan fingerprint density at radius 2 is 2.00 bits per heavy atom. The molecule has 1 heterocycles. The Morgan fingerprint density at radius 1 is 1.47 bits per heavy atom. The van der Waals surface area contributed by atoms with Crippen molar-refractivity contribution in [1.29, 1.82) is 0 Å². The van der Waals surface area contributed by atoms with E-state index in [-0.39, 0.29) is 11.3 Å². The number of ketones is 1. The van der Waals surface area contributed by atoms with Gasteiger partial charge >= 0.3 is 5.97 Å². The zero-order valence-electron chi connectivity index (χ0n) is 8.74. The van der Waals surface area contributed by atoms with E-state index in [9.17, 15) is 14.0 Å². The Morgan fingerprint density at radius 3 is 2.33 bits per heavy atom. The van der Waals surface area contributed by atoms with Crippen LogP contribution in [0, 0.1) is 0 Å². The molecule has 1 aromatic rings. The molecule has 0 atom stereocenters. The number of Topliss-reactive ketones (excluding diaryl/α,β-unsaturated/α-hetero) is 1. The first kappa shape index (κ1) is 11.4. The van der Waals surface area contributed by atoms with Crippen molar-refractivity contribution in [3.63, 3.8) is 0 Å². The van der Waals surface area contributed by atoms with Crippen LogP contribution in [0.1, 0.15) is 34.7 Å². The fraction of sp³-hybridized carbons (Fsp3) is 0.400. The Kier molecular flexibility index (Phi) is 2.66. The number of rotatable bonds is 3. The van der Waals surface area contributed by atoms with Gasteiger partial charge in [0.1, 0.15) is 5.69 Å². The number of carbonyl (C=O) groups is 2. The van der Waals surface area contributed by atoms with Gasteiger partial charge in [-0.3, -0.25) is 4.79 Å². The Balaban J connectivity index is 3.14. The molecule has 0 aliphatic carbocycles. The maximum Gasteiger partial charge on any atom is 0.352 e. The van der Waals surface area contributed by atoms with Crippen molar-refractivity contribution in [2.45, 2.75) is 19.5 Å². The number of alkyl halides is 1. The average molecular weight is 213 g/mol. The van der Waals surface area contributed by atoms with Crippen molar-refractivity contribution in [2.24, 2.45) is 7.05 Å². The number of carboxylic acids is 1. The normalized spacial score (nSPS) is 11.5. The van der Waals surface area contributed by atoms with Crippen LogP contribution in [-0.2, 0) is 7.05 Å². The first-order valence-corrected chi connectivity index (χ1v) is 4.37. The lowest BCUT2D eigenvalue weighted by Gasteiger charge is -2.10. The van der Waals surface area contributed by atoms with Crippen LogP contribution < -0.4 is 0 Å². The molecule has 0 saturated heterocycles. The summed E-state index contributed by atoms with van der Waals surface area (Å²) in [6, 6.07) is 1.17. The molecular formula is C10H12FNO3. The maximum atomic E-state index is 13.3. The van der Waals surface area contributed by atoms with Crippen LogP contribution in [0.4, 0.5) is 4.39 Å². The van der Waals surface area contributed by atoms with E-state index in [4.69, 9.17) is 5.11 Å². The highest BCUT2D eigenvalue weighted by molar-refractivity contribution is 6.03. The summed E-state index contributed by atoms with van der Waals surface area (Å²) in [7, 11) is 1.49. The lowest BCUT2D eigenvalue weighted by molar-refractivity contribution is 0.0686. The van der Waals surface area contributed by atoms with Gasteiger partial charge in [-0.15, -0.1) is 0 Å². The van der Waals surface area contributed by atoms with Gasteiger partial charge in [0.25, 0.3) is 0 Å². The molecule has 82 valence electrons. The summed E-state index contributed by atoms with van der Waals surface area (Å²) in [6.45, 7) is 2.28. The molecule has 15 heavy (non-hydrogen) atoms. The van der Waals surface area contributed by atoms with Gasteiger partial charge in [-0.1, -0.05) is 0 Å². The van der Waals surface area contributed by atoms with Gasteiger partial charge in [-0.2, -0.15) is 0 Å². The summed E-state index contributed by atoms with van der Waals surface area (Å²) in [5, 5.41) is 8.74. The summed E-state index contributed by atoms with van der Waals surface area (Å²) in [5.74, 6) is -1.86. The third-order valence-electron chi connectivity index (χ3n) is 2.03. The fourth-order valence-electron chi connectivity index (χ4n) is 1.24. The lowest BCUT2D eigenvalue weighted by atomic mass is 10.0. The molecular weight excluding hydrogens is 201 g/mol. The highest BCUT2D eigenvalue weighted by atomic mass is 19.1. The molecule has 0 saturated carbocycles. The zero-order chi connectivity index (χ0) is 11.8. The minimum atomic E-state index is -1.99. The first-order valence-electron chi connectivity index (χ1n) is 4.37. The molecule has 0 radical (unpaired) electrons. The van der Waals surface area contributed by atoms with E-state index in [2.05, 4.69) is 0 Å². The van der Waals surface area contributed by atoms with Crippen molar-refractivity contribution in [3.8, 4) is 0 Å². The number of carbonyl (C=O) groups excluding carboxylic acids is 1. The van der Waals surface area contributed by atoms with Crippen LogP contribution >= 0.6 is 0 Å². The van der Waals surface area contributed by atoms with Crippen molar-refractivity contribution in [2.75, 3.05) is 0 Å². The number of aryl methyl sites for hydroxylation is 1. The Labute approximate surface area is 86.3 Å². The molecule has 1 rings (SSSR count). The standard InChI is InChI=1S/C10H12FNO3/c1-10(2,11)8(13)6-4-7(9(14)15)12(3)5-6/h4-5H,1-3H3,(H,14,15). The molecule has 5 heteroatoms. The molecule has 0 bridgehead atoms. The van der Waals surface area contributed by atoms with E-state index in [0.29, 0.717) is 0 Å². The lowest BCUT2D eigenvalue weighted by Crippen LogP contribution is -2.25. The summed E-state index contributed by atoms with van der Waals surface area (Å²) < 4.78 is 14.6. The van der Waals surface area contributed by atoms with Crippen LogP contribution in [0.2, 0.25) is 0 Å². The number of hydrogen-bond acceptors (Lipinski definition) is 2. The number of halogens is 1. The van der Waals surface area contributed by atoms with Crippen LogP contribution in [0.5, 0.6) is 0 Å². The van der Waals surface area contributed by atoms with Crippen molar-refractivity contribution >= 4 is 11.8 Å². The molecule has 0 unspecified atom stereocenters. The molecule has 0 amide bonds. The third-order valence-corrected chi connectivity index (χ3v) is 2.03. The minimum Gasteiger partial charge on any atom is -0.477 e. The Hall–Kier alpha value is -1.65. The number of nitrogens with zero attached hydrogens (tertiary/aromatic N) is 1. The number of aromatic nitrogens is 1. The molecule has 0 aromatic carbocycles. The fourth-order valence-corrected chi connectivity index (χ4v) is 1.24. The third kappa shape index (κ3) is 2.23. The summed E-state index contributed by atoms with van der Waals surface area (Å²) in [4.78, 5) is 22.2. The second-order valence-electron chi connectivity index (χ2n) is 3.83. The van der Waals surface area contributed by atoms with Crippen LogP contribution in [0.15, 0.2) is 12.3 Å². The molecule has 0 aliphatic rings. The van der Waals surface area contributed by atoms with E-state index in [1.807, 2.05) is 0 Å². The van der Waals surface area contributed by atoms with Gasteiger partial charge in [-0.05, 0) is 19.9 Å². The van der Waals surface area contributed by atoms with Gasteiger partial charge in [0, 0.05) is 18.8 Å². The molecule has 0 spiro atoms. The predicted molar refractivity (Wildman–Crippen MR) is 51.9 cm³/mol. The number of carboxylic acid groups (broad SMARTS) is 1. The molecule has 1 N–H and O–H groups in total. The van der Waals surface area contributed by atoms with Gasteiger partial charge in [0.05, 0.1) is 0 Å². The Bertz CT molecular complexity index is 415. The van der Waals surface area contributed by atoms with Crippen LogP contribution in [-0.4, -0.2) is 27.1 Å². The zero-order valence-corrected chi connectivity index (χ0v) is 8.74. The predicted octanol–water partition coefficient (Wildman–Crippen LogP) is 1.65. The minimum absolute atomic E-state index is 0.0393. The van der Waals surface area contributed by atoms with Gasteiger partial charge in [-0.25, -0.2) is 9.18 Å². The van der Waals surface area contributed by atoms with Crippen molar-refractivity contribution in [1.82, 2.24) is 4.57 Å². The van der Waals surface area contributed by atoms with Crippen LogP contribution in [0.3, 0.4) is 0 Å². The largest absolute Gasteiger partial charge is 0.477 e. The van der Waals surface area contributed by atoms with Crippen molar-refractivity contribution < 1.29 is 19.1 Å². The maximum absolute atomic E-state index is 13.3. The van der Waals surface area contributed by atoms with E-state index in [0.717, 1.165) is 13.8 Å². The summed E-state index contributed by atoms with van der Waals surface area (Å²) in [5.41, 5.74) is -1.96. The molecule has 0 fully saturated rings. The second-order valence-corrected chi connectivity index (χ2v) is 3.83. The molecule has 1 aromatic heterocycles. The van der Waals surface area contributed by atoms with E-state index >= 15 is 0 Å². The van der Waals surface area contributed by atoms with Gasteiger partial charge < -0.3 is 9.67 Å². The summed E-state index contributed by atoms with van der Waals surface area (Å²) in [6.07, 6.45) is 1.31. The highest BCUT2D eigenvalue weighted by Gasteiger charge is 2.29. The quantitative estimate of drug-likeness (QED) is 0.776. The first-order chi connectivity index (χ1) is 6.73. The number of aromatic carboxylic acids is 1. The second kappa shape index (κ2) is 3.49. The van der Waals surface area contributed by atoms with Gasteiger partial charge in [0.15, 0.2) is 5.67 Å². The van der Waals surface area contributed by atoms with Crippen LogP contribution in [0.25, 0.3) is 0 Å². The summed E-state index contributed by atoms with van der Waals surface area (Å²) >= 11 is 0. The topological polar surface area (TPSA) is 59.3 Å². The van der Waals surface area contributed by atoms with Gasteiger partial charge in [0.2, 0.25) is 5.78 Å². The smallest absolute Gasteiger partial charge is 0.352 e. The average Bonchev–Trinajstić information content (AvgIpc) is 2.44. The van der Waals surface area contributed by atoms with E-state index in [1.165, 1.54) is 23.9 Å². The molecule has 0 aliphatic heterocycles. The van der Waals surface area contributed by atoms with E-state index < -0.39 is 17.4 Å². The van der Waals surface area contributed by atoms with Crippen molar-refractivity contribution in [3.05, 3.63) is 23.5 Å². The monoisotopic (exact) mass is 213 g/mol. The highest BCUT2D eigenvalue weighted by Crippen LogP contribution is 2.18. The SMILES string of the molecule is Cn1cc(C(=O)C(C)(C)F)cc1C(=O)O.